The van der Waals surface area contributed by atoms with Crippen molar-refractivity contribution < 1.29 is 4.79 Å². The molecule has 3 nitrogen and oxygen atoms in total. The van der Waals surface area contributed by atoms with Crippen LogP contribution in [-0.2, 0) is 24.9 Å². The Morgan fingerprint density at radius 1 is 0.806 bits per heavy atom. The van der Waals surface area contributed by atoms with Gasteiger partial charge in [0.25, 0.3) is 5.91 Å². The average Bonchev–Trinajstić information content (AvgIpc) is 2.89. The summed E-state index contributed by atoms with van der Waals surface area (Å²) in [6.45, 7) is 3.00. The van der Waals surface area contributed by atoms with Gasteiger partial charge >= 0.3 is 0 Å². The number of carbonyl (C=O) groups excluding carboxylic acids is 1. The number of anilines is 1. The molecule has 36 heavy (non-hydrogen) atoms. The van der Waals surface area contributed by atoms with Crippen molar-refractivity contribution in [2.45, 2.75) is 63.5 Å². The van der Waals surface area contributed by atoms with Crippen molar-refractivity contribution in [1.29, 1.82) is 0 Å². The summed E-state index contributed by atoms with van der Waals surface area (Å²) in [6, 6.07) is 25.7. The van der Waals surface area contributed by atoms with Crippen LogP contribution in [0.5, 0.6) is 0 Å². The second-order valence-corrected chi connectivity index (χ2v) is 12.2. The summed E-state index contributed by atoms with van der Waals surface area (Å²) in [4.78, 5) is 15.4. The van der Waals surface area contributed by atoms with Crippen LogP contribution in [0, 0.1) is 17.8 Å². The van der Waals surface area contributed by atoms with Crippen LogP contribution in [-0.4, -0.2) is 17.4 Å². The Balaban J connectivity index is 0.979. The maximum atomic E-state index is 12.9. The van der Waals surface area contributed by atoms with Gasteiger partial charge in [0.15, 0.2) is 0 Å². The number of hydrogen-bond acceptors (Lipinski definition) is 2. The molecule has 3 heteroatoms. The van der Waals surface area contributed by atoms with Gasteiger partial charge in [-0.25, -0.2) is 0 Å². The predicted molar refractivity (Wildman–Crippen MR) is 145 cm³/mol. The number of fused-ring (bicyclic) bond motifs is 1. The molecular weight excluding hydrogens is 440 g/mol. The van der Waals surface area contributed by atoms with Crippen LogP contribution in [0.2, 0.25) is 0 Å². The lowest BCUT2D eigenvalue weighted by atomic mass is 9.48. The molecular formula is C33H36N2O. The zero-order chi connectivity index (χ0) is 24.1. The van der Waals surface area contributed by atoms with Crippen molar-refractivity contribution in [2.75, 3.05) is 11.9 Å². The first kappa shape index (κ1) is 22.3. The van der Waals surface area contributed by atoms with Gasteiger partial charge in [-0.2, -0.15) is 0 Å². The van der Waals surface area contributed by atoms with E-state index >= 15 is 0 Å². The van der Waals surface area contributed by atoms with E-state index in [-0.39, 0.29) is 5.91 Å². The minimum Gasteiger partial charge on any atom is -0.322 e. The minimum absolute atomic E-state index is 0.0315. The van der Waals surface area contributed by atoms with Gasteiger partial charge in [-0.1, -0.05) is 48.5 Å². The number of hydrogen-bond donors (Lipinski definition) is 1. The fourth-order valence-corrected chi connectivity index (χ4v) is 8.28. The topological polar surface area (TPSA) is 32.3 Å². The molecule has 5 aliphatic rings. The van der Waals surface area contributed by atoms with Gasteiger partial charge in [-0.3, -0.25) is 9.69 Å². The number of amides is 1. The van der Waals surface area contributed by atoms with E-state index in [0.29, 0.717) is 11.0 Å². The number of nitrogens with zero attached hydrogens (tertiary/aromatic N) is 1. The van der Waals surface area contributed by atoms with E-state index < -0.39 is 0 Å². The van der Waals surface area contributed by atoms with E-state index in [9.17, 15) is 4.79 Å². The quantitative estimate of drug-likeness (QED) is 0.431. The Hall–Kier alpha value is -2.91. The fraction of sp³-hybridized carbons (Fsp3) is 0.424. The highest BCUT2D eigenvalue weighted by Gasteiger charge is 2.51. The van der Waals surface area contributed by atoms with Crippen LogP contribution in [0.1, 0.15) is 71.1 Å². The van der Waals surface area contributed by atoms with E-state index in [0.717, 1.165) is 49.5 Å². The van der Waals surface area contributed by atoms with E-state index in [2.05, 4.69) is 70.9 Å². The lowest BCUT2D eigenvalue weighted by Gasteiger charge is -2.57. The van der Waals surface area contributed by atoms with Crippen molar-refractivity contribution in [3.05, 3.63) is 101 Å². The highest BCUT2D eigenvalue weighted by atomic mass is 16.1. The lowest BCUT2D eigenvalue weighted by molar-refractivity contribution is -0.00518. The van der Waals surface area contributed by atoms with Crippen molar-refractivity contribution in [1.82, 2.24) is 4.90 Å². The molecule has 1 N–H and O–H groups in total. The first-order chi connectivity index (χ1) is 17.6. The van der Waals surface area contributed by atoms with Gasteiger partial charge in [-0.15, -0.1) is 0 Å². The highest BCUT2D eigenvalue weighted by Crippen LogP contribution is 2.60. The fourth-order valence-electron chi connectivity index (χ4n) is 8.28. The molecule has 0 saturated heterocycles. The molecule has 0 unspecified atom stereocenters. The van der Waals surface area contributed by atoms with Crippen LogP contribution in [0.15, 0.2) is 72.8 Å². The van der Waals surface area contributed by atoms with Crippen LogP contribution >= 0.6 is 0 Å². The molecule has 1 amide bonds. The molecule has 4 saturated carbocycles. The summed E-state index contributed by atoms with van der Waals surface area (Å²) in [6.07, 6.45) is 9.65. The summed E-state index contributed by atoms with van der Waals surface area (Å²) in [7, 11) is 0. The summed E-state index contributed by atoms with van der Waals surface area (Å²) < 4.78 is 0. The third-order valence-corrected chi connectivity index (χ3v) is 9.63. The molecule has 1 heterocycles. The third-order valence-electron chi connectivity index (χ3n) is 9.63. The Bertz CT molecular complexity index is 1220. The van der Waals surface area contributed by atoms with Crippen molar-refractivity contribution in [2.24, 2.45) is 17.8 Å². The van der Waals surface area contributed by atoms with Crippen LogP contribution in [0.25, 0.3) is 0 Å². The number of carbonyl (C=O) groups is 1. The smallest absolute Gasteiger partial charge is 0.255 e. The normalized spacial score (nSPS) is 28.6. The molecule has 0 spiro atoms. The second-order valence-electron chi connectivity index (χ2n) is 12.2. The predicted octanol–water partition coefficient (Wildman–Crippen LogP) is 6.97. The van der Waals surface area contributed by atoms with Crippen LogP contribution in [0.4, 0.5) is 5.69 Å². The van der Waals surface area contributed by atoms with Crippen molar-refractivity contribution in [3.8, 4) is 0 Å². The highest BCUT2D eigenvalue weighted by molar-refractivity contribution is 6.04. The van der Waals surface area contributed by atoms with Gasteiger partial charge < -0.3 is 5.32 Å². The molecule has 1 aliphatic heterocycles. The van der Waals surface area contributed by atoms with E-state index in [1.807, 2.05) is 12.1 Å². The standard InChI is InChI=1S/C33H36N2O/c36-32(28-7-5-23(6-8-28)21-35-14-13-27-3-1-2-4-29(27)22-35)34-31-11-9-30(10-12-31)33-18-24-15-25(19-33)17-26(16-24)20-33/h1-12,24-26H,13-22H2,(H,34,36). The van der Waals surface area contributed by atoms with Gasteiger partial charge in [0.05, 0.1) is 0 Å². The SMILES string of the molecule is O=C(Nc1ccc(C23CC4CC(CC(C4)C2)C3)cc1)c1ccc(CN2CCc3ccccc3C2)cc1. The molecule has 0 radical (unpaired) electrons. The lowest BCUT2D eigenvalue weighted by Crippen LogP contribution is -2.48. The average molecular weight is 477 g/mol. The first-order valence-corrected chi connectivity index (χ1v) is 13.9. The molecule has 3 aromatic rings. The monoisotopic (exact) mass is 476 g/mol. The molecule has 8 rings (SSSR count). The minimum atomic E-state index is -0.0315. The number of rotatable bonds is 5. The Kier molecular flexibility index (Phi) is 5.50. The largest absolute Gasteiger partial charge is 0.322 e. The Labute approximate surface area is 214 Å². The van der Waals surface area contributed by atoms with E-state index in [1.54, 1.807) is 0 Å². The zero-order valence-electron chi connectivity index (χ0n) is 21.1. The van der Waals surface area contributed by atoms with Gasteiger partial charge in [0, 0.05) is 30.9 Å². The molecule has 4 bridgehead atoms. The summed E-state index contributed by atoms with van der Waals surface area (Å²) >= 11 is 0. The van der Waals surface area contributed by atoms with Crippen molar-refractivity contribution >= 4 is 11.6 Å². The van der Waals surface area contributed by atoms with Gasteiger partial charge in [-0.05, 0) is 115 Å². The molecule has 0 aromatic heterocycles. The van der Waals surface area contributed by atoms with Gasteiger partial charge in [0.1, 0.15) is 0 Å². The summed E-state index contributed by atoms with van der Waals surface area (Å²) in [5.74, 6) is 2.81. The maximum Gasteiger partial charge on any atom is 0.255 e. The first-order valence-electron chi connectivity index (χ1n) is 13.9. The van der Waals surface area contributed by atoms with Crippen LogP contribution in [0.3, 0.4) is 0 Å². The van der Waals surface area contributed by atoms with Crippen LogP contribution < -0.4 is 5.32 Å². The summed E-state index contributed by atoms with van der Waals surface area (Å²) in [5, 5.41) is 3.12. The maximum absolute atomic E-state index is 12.9. The Morgan fingerprint density at radius 3 is 2.11 bits per heavy atom. The summed E-state index contributed by atoms with van der Waals surface area (Å²) in [5.41, 5.74) is 7.69. The number of benzene rings is 3. The molecule has 4 fully saturated rings. The molecule has 0 atom stereocenters. The molecule has 184 valence electrons. The molecule has 3 aromatic carbocycles. The van der Waals surface area contributed by atoms with Crippen molar-refractivity contribution in [3.63, 3.8) is 0 Å². The van der Waals surface area contributed by atoms with E-state index in [4.69, 9.17) is 0 Å². The van der Waals surface area contributed by atoms with E-state index in [1.165, 1.54) is 60.8 Å². The molecule has 4 aliphatic carbocycles. The third kappa shape index (κ3) is 4.18. The Morgan fingerprint density at radius 2 is 1.44 bits per heavy atom. The second kappa shape index (κ2) is 8.88. The van der Waals surface area contributed by atoms with Gasteiger partial charge in [0.2, 0.25) is 0 Å². The number of nitrogens with one attached hydrogen (secondary N) is 1. The zero-order valence-corrected chi connectivity index (χ0v) is 21.1.